The van der Waals surface area contributed by atoms with Crippen LogP contribution in [0.25, 0.3) is 11.1 Å². The third-order valence-corrected chi connectivity index (χ3v) is 5.30. The zero-order chi connectivity index (χ0) is 29.7. The number of carboxylic acids is 1. The number of alkyl carbamates (subject to hydrolysis) is 1. The van der Waals surface area contributed by atoms with Gasteiger partial charge >= 0.3 is 18.2 Å². The number of amides is 2. The summed E-state index contributed by atoms with van der Waals surface area (Å²) in [6.07, 6.45) is -5.46. The van der Waals surface area contributed by atoms with Gasteiger partial charge in [0.1, 0.15) is 6.04 Å². The molecule has 0 aliphatic carbocycles. The highest BCUT2D eigenvalue weighted by atomic mass is 19.4. The normalized spacial score (nSPS) is 11.2. The van der Waals surface area contributed by atoms with Crippen LogP contribution in [0.4, 0.5) is 23.7 Å². The monoisotopic (exact) mass is 556 g/mol. The highest BCUT2D eigenvalue weighted by Gasteiger charge is 2.38. The largest absolute Gasteiger partial charge is 0.490 e. The predicted molar refractivity (Wildman–Crippen MR) is 141 cm³/mol. The third kappa shape index (κ3) is 9.77. The van der Waals surface area contributed by atoms with E-state index < -0.39 is 24.3 Å². The van der Waals surface area contributed by atoms with E-state index in [1.54, 1.807) is 25.1 Å². The summed E-state index contributed by atoms with van der Waals surface area (Å²) in [5, 5.41) is 21.9. The van der Waals surface area contributed by atoms with Crippen molar-refractivity contribution < 1.29 is 37.4 Å². The Morgan fingerprint density at radius 1 is 1.02 bits per heavy atom. The van der Waals surface area contributed by atoms with Gasteiger partial charge in [-0.2, -0.15) is 18.4 Å². The predicted octanol–water partition coefficient (Wildman–Crippen LogP) is 4.61. The number of nitrogens with zero attached hydrogens (tertiary/aromatic N) is 1. The molecule has 9 nitrogen and oxygen atoms in total. The summed E-state index contributed by atoms with van der Waals surface area (Å²) in [6.45, 7) is 2.29. The molecule has 3 aromatic rings. The summed E-state index contributed by atoms with van der Waals surface area (Å²) < 4.78 is 36.7. The number of hydrogen-bond acceptors (Lipinski definition) is 6. The lowest BCUT2D eigenvalue weighted by Gasteiger charge is -2.19. The van der Waals surface area contributed by atoms with Crippen LogP contribution in [0.3, 0.4) is 0 Å². The molecule has 0 aromatic heterocycles. The van der Waals surface area contributed by atoms with Crippen LogP contribution in [-0.4, -0.2) is 41.9 Å². The second-order valence-electron chi connectivity index (χ2n) is 8.17. The van der Waals surface area contributed by atoms with Crippen molar-refractivity contribution in [2.45, 2.75) is 32.1 Å². The number of ether oxygens (including phenoxy) is 1. The van der Waals surface area contributed by atoms with Crippen molar-refractivity contribution in [2.24, 2.45) is 5.73 Å². The second-order valence-corrected chi connectivity index (χ2v) is 8.17. The average Bonchev–Trinajstić information content (AvgIpc) is 2.93. The minimum absolute atomic E-state index is 0.203. The Kier molecular flexibility index (Phi) is 11.7. The van der Waals surface area contributed by atoms with Gasteiger partial charge in [0.05, 0.1) is 18.2 Å². The van der Waals surface area contributed by atoms with Crippen LogP contribution in [0, 0.1) is 11.3 Å². The standard InChI is InChI=1S/C26H26N4O3.C2HF3O2/c1-2-33-26(32)30-24(15-18-6-5-7-19(14-18)16-27)25(31)29-22-12-10-20(11-13-22)23-9-4-3-8-21(23)17-28;3-2(4,5)1(6)7/h3-14,24H,2,15-16,27H2,1H3,(H,29,31)(H,30,32);(H,6,7)/t24-;/m0./s1. The molecule has 0 fully saturated rings. The molecule has 5 N–H and O–H groups in total. The molecule has 0 saturated heterocycles. The lowest BCUT2D eigenvalue weighted by molar-refractivity contribution is -0.192. The van der Waals surface area contributed by atoms with Crippen LogP contribution in [0.15, 0.2) is 72.8 Å². The summed E-state index contributed by atoms with van der Waals surface area (Å²) in [7, 11) is 0. The molecule has 2 amide bonds. The van der Waals surface area contributed by atoms with Crippen molar-refractivity contribution >= 4 is 23.7 Å². The number of halogens is 3. The van der Waals surface area contributed by atoms with Crippen molar-refractivity contribution in [2.75, 3.05) is 11.9 Å². The molecule has 3 aromatic carbocycles. The van der Waals surface area contributed by atoms with Gasteiger partial charge in [0, 0.05) is 18.7 Å². The van der Waals surface area contributed by atoms with Gasteiger partial charge in [-0.25, -0.2) is 9.59 Å². The number of nitrogens with one attached hydrogen (secondary N) is 2. The molecule has 3 rings (SSSR count). The van der Waals surface area contributed by atoms with Gasteiger partial charge in [0.15, 0.2) is 0 Å². The number of carbonyl (C=O) groups is 3. The topological polar surface area (TPSA) is 155 Å². The number of aliphatic carboxylic acids is 1. The number of hydrogen-bond donors (Lipinski definition) is 4. The minimum atomic E-state index is -5.08. The summed E-state index contributed by atoms with van der Waals surface area (Å²) in [5.41, 5.74) is 10.4. The van der Waals surface area contributed by atoms with Crippen LogP contribution < -0.4 is 16.4 Å². The Labute approximate surface area is 228 Å². The average molecular weight is 557 g/mol. The van der Waals surface area contributed by atoms with Gasteiger partial charge in [-0.3, -0.25) is 4.79 Å². The van der Waals surface area contributed by atoms with Gasteiger partial charge in [0.25, 0.3) is 0 Å². The van der Waals surface area contributed by atoms with Gasteiger partial charge in [-0.05, 0) is 47.4 Å². The molecular formula is C28H27F3N4O5. The van der Waals surface area contributed by atoms with Crippen molar-refractivity contribution in [3.05, 3.63) is 89.5 Å². The van der Waals surface area contributed by atoms with Crippen LogP contribution in [0.5, 0.6) is 0 Å². The van der Waals surface area contributed by atoms with Crippen molar-refractivity contribution in [3.8, 4) is 17.2 Å². The fourth-order valence-electron chi connectivity index (χ4n) is 3.44. The molecule has 0 heterocycles. The smallest absolute Gasteiger partial charge is 0.475 e. The van der Waals surface area contributed by atoms with Crippen LogP contribution >= 0.6 is 0 Å². The van der Waals surface area contributed by atoms with Crippen LogP contribution in [0.2, 0.25) is 0 Å². The van der Waals surface area contributed by atoms with E-state index in [-0.39, 0.29) is 18.9 Å². The lowest BCUT2D eigenvalue weighted by atomic mass is 10.00. The summed E-state index contributed by atoms with van der Waals surface area (Å²) >= 11 is 0. The van der Waals surface area contributed by atoms with Crippen LogP contribution in [0.1, 0.15) is 23.6 Å². The highest BCUT2D eigenvalue weighted by molar-refractivity contribution is 5.97. The van der Waals surface area contributed by atoms with Gasteiger partial charge < -0.3 is 26.2 Å². The first-order valence-corrected chi connectivity index (χ1v) is 11.9. The quantitative estimate of drug-likeness (QED) is 0.316. The Morgan fingerprint density at radius 3 is 2.23 bits per heavy atom. The Balaban J connectivity index is 0.000000708. The zero-order valence-electron chi connectivity index (χ0n) is 21.4. The number of carboxylic acid groups (broad SMARTS) is 1. The van der Waals surface area contributed by atoms with Crippen molar-refractivity contribution in [3.63, 3.8) is 0 Å². The van der Waals surface area contributed by atoms with E-state index in [0.29, 0.717) is 17.8 Å². The number of nitrogens with two attached hydrogens (primary N) is 1. The van der Waals surface area contributed by atoms with Crippen molar-refractivity contribution in [1.29, 1.82) is 5.26 Å². The Bertz CT molecular complexity index is 1360. The maximum Gasteiger partial charge on any atom is 0.490 e. The van der Waals surface area contributed by atoms with E-state index in [2.05, 4.69) is 16.7 Å². The Morgan fingerprint density at radius 2 is 1.65 bits per heavy atom. The van der Waals surface area contributed by atoms with E-state index in [1.165, 1.54) is 0 Å². The molecule has 0 saturated carbocycles. The summed E-state index contributed by atoms with van der Waals surface area (Å²) in [4.78, 5) is 33.9. The molecule has 40 heavy (non-hydrogen) atoms. The molecule has 0 bridgehead atoms. The van der Waals surface area contributed by atoms with E-state index in [9.17, 15) is 28.0 Å². The minimum Gasteiger partial charge on any atom is -0.475 e. The van der Waals surface area contributed by atoms with E-state index >= 15 is 0 Å². The molecule has 0 spiro atoms. The summed E-state index contributed by atoms with van der Waals surface area (Å²) in [5.74, 6) is -3.13. The first-order chi connectivity index (χ1) is 19.0. The maximum absolute atomic E-state index is 13.0. The first-order valence-electron chi connectivity index (χ1n) is 11.9. The maximum atomic E-state index is 13.0. The number of rotatable bonds is 8. The molecule has 0 radical (unpaired) electrons. The SMILES string of the molecule is CCOC(=O)N[C@@H](Cc1cccc(CN)c1)C(=O)Nc1ccc(-c2ccccc2C#N)cc1.O=C(O)C(F)(F)F. The molecule has 12 heteroatoms. The van der Waals surface area contributed by atoms with Crippen LogP contribution in [-0.2, 0) is 27.3 Å². The molecular weight excluding hydrogens is 529 g/mol. The van der Waals surface area contributed by atoms with Gasteiger partial charge in [-0.1, -0.05) is 54.6 Å². The summed E-state index contributed by atoms with van der Waals surface area (Å²) in [6, 6.07) is 23.4. The molecule has 210 valence electrons. The van der Waals surface area contributed by atoms with Crippen molar-refractivity contribution in [1.82, 2.24) is 5.32 Å². The Hall–Kier alpha value is -4.89. The zero-order valence-corrected chi connectivity index (χ0v) is 21.4. The molecule has 0 aliphatic heterocycles. The van der Waals surface area contributed by atoms with Gasteiger partial charge in [-0.15, -0.1) is 0 Å². The lowest BCUT2D eigenvalue weighted by Crippen LogP contribution is -2.45. The number of nitriles is 1. The van der Waals surface area contributed by atoms with E-state index in [0.717, 1.165) is 22.3 Å². The highest BCUT2D eigenvalue weighted by Crippen LogP contribution is 2.25. The number of carbonyl (C=O) groups excluding carboxylic acids is 2. The van der Waals surface area contributed by atoms with E-state index in [4.69, 9.17) is 20.4 Å². The van der Waals surface area contributed by atoms with E-state index in [1.807, 2.05) is 54.6 Å². The molecule has 1 atom stereocenters. The second kappa shape index (κ2) is 14.9. The molecule has 0 aliphatic rings. The fourth-order valence-corrected chi connectivity index (χ4v) is 3.44. The number of benzene rings is 3. The first kappa shape index (κ1) is 31.3. The fraction of sp³-hybridized carbons (Fsp3) is 0.214. The van der Waals surface area contributed by atoms with Gasteiger partial charge in [0.2, 0.25) is 5.91 Å². The number of alkyl halides is 3. The number of anilines is 1. The molecule has 0 unspecified atom stereocenters. The third-order valence-electron chi connectivity index (χ3n) is 5.30.